The van der Waals surface area contributed by atoms with Crippen molar-refractivity contribution in [1.29, 1.82) is 0 Å². The smallest absolute Gasteiger partial charge is 0.418 e. The highest BCUT2D eigenvalue weighted by Gasteiger charge is 2.41. The fourth-order valence-corrected chi connectivity index (χ4v) is 3.61. The first-order valence-corrected chi connectivity index (χ1v) is 8.12. The molecule has 0 heterocycles. The molecule has 1 unspecified atom stereocenters. The van der Waals surface area contributed by atoms with Crippen molar-refractivity contribution >= 4 is 21.5 Å². The van der Waals surface area contributed by atoms with E-state index in [-0.39, 0.29) is 17.9 Å². The van der Waals surface area contributed by atoms with Gasteiger partial charge in [0.25, 0.3) is 0 Å². The molecule has 21 heavy (non-hydrogen) atoms. The van der Waals surface area contributed by atoms with E-state index in [9.17, 15) is 13.2 Å². The number of aryl methyl sites for hydroxylation is 1. The number of hydrogen-bond donors (Lipinski definition) is 0. The predicted octanol–water partition coefficient (Wildman–Crippen LogP) is 1.78. The van der Waals surface area contributed by atoms with Crippen LogP contribution in [0.25, 0.3) is 5.53 Å². The number of sulfone groups is 1. The molecule has 114 valence electrons. The zero-order chi connectivity index (χ0) is 16.0. The third kappa shape index (κ3) is 3.77. The zero-order valence-electron chi connectivity index (χ0n) is 12.2. The molecule has 0 spiro atoms. The van der Waals surface area contributed by atoms with Gasteiger partial charge in [0, 0.05) is 0 Å². The molecule has 0 amide bonds. The van der Waals surface area contributed by atoms with Gasteiger partial charge in [-0.1, -0.05) is 24.6 Å². The summed E-state index contributed by atoms with van der Waals surface area (Å²) in [7, 11) is -3.83. The molecule has 0 aromatic heterocycles. The Balaban J connectivity index is 3.27. The summed E-state index contributed by atoms with van der Waals surface area (Å²) in [5.41, 5.74) is 9.42. The second-order valence-electron chi connectivity index (χ2n) is 4.46. The second kappa shape index (κ2) is 7.15. The largest absolute Gasteiger partial charge is 0.457 e. The van der Waals surface area contributed by atoms with Crippen LogP contribution >= 0.6 is 0 Å². The lowest BCUT2D eigenvalue weighted by molar-refractivity contribution is -0.140. The molecule has 6 nitrogen and oxygen atoms in total. The third-order valence-electron chi connectivity index (χ3n) is 2.99. The van der Waals surface area contributed by atoms with Gasteiger partial charge in [0.15, 0.2) is 15.1 Å². The number of benzene rings is 1. The number of esters is 1. The van der Waals surface area contributed by atoms with E-state index in [1.54, 1.807) is 26.0 Å². The van der Waals surface area contributed by atoms with Crippen LogP contribution < -0.4 is 0 Å². The number of carbonyl (C=O) groups is 1. The fourth-order valence-electron chi connectivity index (χ4n) is 1.89. The van der Waals surface area contributed by atoms with Gasteiger partial charge >= 0.3 is 11.7 Å². The van der Waals surface area contributed by atoms with Gasteiger partial charge < -0.3 is 10.3 Å². The van der Waals surface area contributed by atoms with Crippen LogP contribution in [0, 0.1) is 6.92 Å². The molecule has 1 aromatic rings. The van der Waals surface area contributed by atoms with Gasteiger partial charge in [0.05, 0.1) is 11.5 Å². The maximum atomic E-state index is 12.6. The number of ether oxygens (including phenoxy) is 1. The predicted molar refractivity (Wildman–Crippen MR) is 77.7 cm³/mol. The Morgan fingerprint density at radius 3 is 2.29 bits per heavy atom. The Hall–Kier alpha value is -1.98. The molecule has 1 aromatic carbocycles. The van der Waals surface area contributed by atoms with E-state index < -0.39 is 26.8 Å². The van der Waals surface area contributed by atoms with E-state index >= 15 is 0 Å². The molecule has 1 atom stereocenters. The van der Waals surface area contributed by atoms with Crippen LogP contribution in [0.5, 0.6) is 0 Å². The van der Waals surface area contributed by atoms with E-state index in [2.05, 4.69) is 4.79 Å². The first-order chi connectivity index (χ1) is 9.88. The van der Waals surface area contributed by atoms with Gasteiger partial charge in [0.2, 0.25) is 0 Å². The molecule has 0 radical (unpaired) electrons. The number of nitrogens with zero attached hydrogens (tertiary/aromatic N) is 2. The number of carbonyl (C=O) groups excluding carboxylic acids is 1. The quantitative estimate of drug-likeness (QED) is 0.346. The van der Waals surface area contributed by atoms with Gasteiger partial charge in [-0.2, -0.15) is 4.79 Å². The lowest BCUT2D eigenvalue weighted by Gasteiger charge is -2.11. The second-order valence-corrected chi connectivity index (χ2v) is 6.59. The van der Waals surface area contributed by atoms with E-state index in [0.717, 1.165) is 5.56 Å². The molecular weight excluding hydrogens is 292 g/mol. The molecule has 0 aliphatic heterocycles. The molecule has 0 saturated heterocycles. The van der Waals surface area contributed by atoms with Gasteiger partial charge in [-0.3, -0.25) is 0 Å². The minimum Gasteiger partial charge on any atom is -0.457 e. The van der Waals surface area contributed by atoms with Crippen LogP contribution in [0.4, 0.5) is 0 Å². The van der Waals surface area contributed by atoms with Crippen LogP contribution in [0.3, 0.4) is 0 Å². The highest BCUT2D eigenvalue weighted by molar-refractivity contribution is 7.93. The van der Waals surface area contributed by atoms with Crippen molar-refractivity contribution in [3.8, 4) is 0 Å². The fraction of sp³-hybridized carbons (Fsp3) is 0.429. The lowest BCUT2D eigenvalue weighted by atomic mass is 10.2. The minimum atomic E-state index is -3.83. The van der Waals surface area contributed by atoms with Crippen LogP contribution in [-0.4, -0.2) is 36.7 Å². The Labute approximate surface area is 124 Å². The number of hydrogen-bond acceptors (Lipinski definition) is 4. The Morgan fingerprint density at radius 2 is 1.86 bits per heavy atom. The van der Waals surface area contributed by atoms with Crippen molar-refractivity contribution in [3.63, 3.8) is 0 Å². The Kier molecular flexibility index (Phi) is 5.81. The maximum absolute atomic E-state index is 12.6. The number of rotatable bonds is 6. The topological polar surface area (TPSA) is 96.8 Å². The monoisotopic (exact) mass is 310 g/mol. The molecule has 0 aliphatic carbocycles. The average Bonchev–Trinajstić information content (AvgIpc) is 2.44. The average molecular weight is 310 g/mol. The van der Waals surface area contributed by atoms with Gasteiger partial charge in [0.1, 0.15) is 0 Å². The minimum absolute atomic E-state index is 0.0683. The highest BCUT2D eigenvalue weighted by Crippen LogP contribution is 2.20. The summed E-state index contributed by atoms with van der Waals surface area (Å²) in [5.74, 6) is -0.928. The third-order valence-corrected chi connectivity index (χ3v) is 5.23. The summed E-state index contributed by atoms with van der Waals surface area (Å²) in [6, 6.07) is 6.26. The summed E-state index contributed by atoms with van der Waals surface area (Å²) in [5, 5.41) is -1.25. The zero-order valence-corrected chi connectivity index (χ0v) is 13.1. The normalized spacial score (nSPS) is 12.3. The van der Waals surface area contributed by atoms with Crippen LogP contribution in [0.2, 0.25) is 0 Å². The molecular formula is C14H18N2O4S. The summed E-state index contributed by atoms with van der Waals surface area (Å²) >= 11 is 0. The van der Waals surface area contributed by atoms with Crippen molar-refractivity contribution < 1.29 is 22.7 Å². The molecule has 0 N–H and O–H groups in total. The van der Waals surface area contributed by atoms with Crippen LogP contribution in [0.1, 0.15) is 25.8 Å². The van der Waals surface area contributed by atoms with Gasteiger partial charge in [-0.05, 0) is 32.4 Å². The van der Waals surface area contributed by atoms with Crippen molar-refractivity contribution in [2.24, 2.45) is 0 Å². The molecule has 1 rings (SSSR count). The summed E-state index contributed by atoms with van der Waals surface area (Å²) in [6.45, 7) is 5.09. The first-order valence-electron chi connectivity index (χ1n) is 6.58. The maximum Gasteiger partial charge on any atom is 0.418 e. The van der Waals surface area contributed by atoms with Crippen molar-refractivity contribution in [2.45, 2.75) is 37.3 Å². The van der Waals surface area contributed by atoms with E-state index in [1.807, 2.05) is 6.92 Å². The van der Waals surface area contributed by atoms with E-state index in [0.29, 0.717) is 0 Å². The highest BCUT2D eigenvalue weighted by atomic mass is 32.2. The SMILES string of the molecule is CCOC(=O)C(=[N+]=[N-])C(CC)S(=O)(=O)c1ccc(C)cc1. The summed E-state index contributed by atoms with van der Waals surface area (Å²) in [6.07, 6.45) is 0.0917. The van der Waals surface area contributed by atoms with Crippen molar-refractivity contribution in [2.75, 3.05) is 6.61 Å². The summed E-state index contributed by atoms with van der Waals surface area (Å²) in [4.78, 5) is 14.7. The van der Waals surface area contributed by atoms with Gasteiger partial charge in [-0.25, -0.2) is 13.2 Å². The van der Waals surface area contributed by atoms with Crippen LogP contribution in [-0.2, 0) is 19.4 Å². The molecule has 0 bridgehead atoms. The molecule has 7 heteroatoms. The van der Waals surface area contributed by atoms with Crippen molar-refractivity contribution in [3.05, 3.63) is 35.4 Å². The van der Waals surface area contributed by atoms with E-state index in [4.69, 9.17) is 10.3 Å². The molecule has 0 fully saturated rings. The lowest BCUT2D eigenvalue weighted by Crippen LogP contribution is -2.37. The van der Waals surface area contributed by atoms with Crippen LogP contribution in [0.15, 0.2) is 29.2 Å². The van der Waals surface area contributed by atoms with Gasteiger partial charge in [-0.15, -0.1) is 0 Å². The Bertz CT molecular complexity index is 659. The Morgan fingerprint density at radius 1 is 1.29 bits per heavy atom. The molecule has 0 aliphatic rings. The van der Waals surface area contributed by atoms with Crippen molar-refractivity contribution in [1.82, 2.24) is 0 Å². The standard InChI is InChI=1S/C14H18N2O4S/c1-4-12(13(16-15)14(17)20-5-2)21(18,19)11-8-6-10(3)7-9-11/h6-9,12H,4-5H2,1-3H3. The summed E-state index contributed by atoms with van der Waals surface area (Å²) < 4.78 is 29.9. The van der Waals surface area contributed by atoms with E-state index in [1.165, 1.54) is 12.1 Å². The first kappa shape index (κ1) is 17.1. The molecule has 0 saturated carbocycles.